The second kappa shape index (κ2) is 4.23. The van der Waals surface area contributed by atoms with Crippen LogP contribution in [0.4, 0.5) is 17.2 Å². The highest BCUT2D eigenvalue weighted by atomic mass is 15.2. The second-order valence-electron chi connectivity index (χ2n) is 5.07. The maximum absolute atomic E-state index is 4.37. The van der Waals surface area contributed by atoms with Crippen LogP contribution in [0, 0.1) is 6.92 Å². The van der Waals surface area contributed by atoms with Gasteiger partial charge in [0.05, 0.1) is 0 Å². The van der Waals surface area contributed by atoms with Crippen molar-refractivity contribution in [2.75, 3.05) is 17.2 Å². The molecule has 0 saturated heterocycles. The van der Waals surface area contributed by atoms with Crippen molar-refractivity contribution >= 4 is 22.7 Å². The summed E-state index contributed by atoms with van der Waals surface area (Å²) in [5.74, 6) is 0.834. The first-order chi connectivity index (χ1) is 9.81. The van der Waals surface area contributed by atoms with E-state index in [4.69, 9.17) is 0 Å². The standard InChI is InChI=1S/C15H15N5/c1-10-5-7-20-14(10)15(17-9-18-20)19-12-3-2-11-4-6-16-13(11)8-12/h2-3,5,7-9,16H,4,6H2,1H3,(H,17,18,19). The van der Waals surface area contributed by atoms with Gasteiger partial charge in [-0.15, -0.1) is 0 Å². The summed E-state index contributed by atoms with van der Waals surface area (Å²) in [5, 5.41) is 11.0. The fourth-order valence-corrected chi connectivity index (χ4v) is 2.71. The van der Waals surface area contributed by atoms with E-state index >= 15 is 0 Å². The molecule has 1 aromatic carbocycles. The van der Waals surface area contributed by atoms with Crippen molar-refractivity contribution in [3.8, 4) is 0 Å². The predicted molar refractivity (Wildman–Crippen MR) is 79.6 cm³/mol. The fourth-order valence-electron chi connectivity index (χ4n) is 2.71. The number of fused-ring (bicyclic) bond motifs is 2. The van der Waals surface area contributed by atoms with Crippen molar-refractivity contribution in [1.29, 1.82) is 0 Å². The van der Waals surface area contributed by atoms with Crippen LogP contribution in [0.1, 0.15) is 11.1 Å². The molecule has 5 heteroatoms. The van der Waals surface area contributed by atoms with Gasteiger partial charge in [-0.05, 0) is 42.7 Å². The molecule has 2 aromatic heterocycles. The van der Waals surface area contributed by atoms with E-state index in [1.807, 2.05) is 16.8 Å². The topological polar surface area (TPSA) is 54.2 Å². The van der Waals surface area contributed by atoms with Crippen LogP contribution in [-0.4, -0.2) is 21.1 Å². The molecule has 5 nitrogen and oxygen atoms in total. The van der Waals surface area contributed by atoms with Gasteiger partial charge in [-0.2, -0.15) is 5.10 Å². The van der Waals surface area contributed by atoms with E-state index in [1.54, 1.807) is 6.33 Å². The normalized spacial score (nSPS) is 13.2. The van der Waals surface area contributed by atoms with Gasteiger partial charge in [-0.3, -0.25) is 0 Å². The van der Waals surface area contributed by atoms with Crippen molar-refractivity contribution in [2.24, 2.45) is 0 Å². The molecule has 4 rings (SSSR count). The molecule has 0 saturated carbocycles. The SMILES string of the molecule is Cc1ccn2ncnc(Nc3ccc4c(c3)NCC4)c12. The van der Waals surface area contributed by atoms with Gasteiger partial charge in [0.25, 0.3) is 0 Å². The highest BCUT2D eigenvalue weighted by Crippen LogP contribution is 2.28. The highest BCUT2D eigenvalue weighted by molar-refractivity contribution is 5.77. The third-order valence-electron chi connectivity index (χ3n) is 3.74. The number of rotatable bonds is 2. The van der Waals surface area contributed by atoms with Gasteiger partial charge in [0.15, 0.2) is 5.82 Å². The van der Waals surface area contributed by atoms with E-state index in [9.17, 15) is 0 Å². The molecule has 0 atom stereocenters. The molecule has 0 aliphatic carbocycles. The molecule has 20 heavy (non-hydrogen) atoms. The summed E-state index contributed by atoms with van der Waals surface area (Å²) in [5.41, 5.74) is 5.81. The molecule has 3 aromatic rings. The fraction of sp³-hybridized carbons (Fsp3) is 0.200. The Kier molecular flexibility index (Phi) is 2.39. The van der Waals surface area contributed by atoms with Gasteiger partial charge in [0.2, 0.25) is 0 Å². The Labute approximate surface area is 116 Å². The number of hydrogen-bond donors (Lipinski definition) is 2. The number of benzene rings is 1. The van der Waals surface area contributed by atoms with E-state index in [0.717, 1.165) is 35.6 Å². The molecular formula is C15H15N5. The van der Waals surface area contributed by atoms with E-state index in [-0.39, 0.29) is 0 Å². The number of aryl methyl sites for hydroxylation is 1. The average Bonchev–Trinajstić information content (AvgIpc) is 3.06. The van der Waals surface area contributed by atoms with Crippen LogP contribution >= 0.6 is 0 Å². The minimum atomic E-state index is 0.834. The summed E-state index contributed by atoms with van der Waals surface area (Å²) in [6, 6.07) is 8.45. The minimum absolute atomic E-state index is 0.834. The number of nitrogens with zero attached hydrogens (tertiary/aromatic N) is 3. The second-order valence-corrected chi connectivity index (χ2v) is 5.07. The molecular weight excluding hydrogens is 250 g/mol. The van der Waals surface area contributed by atoms with Crippen LogP contribution in [-0.2, 0) is 6.42 Å². The summed E-state index contributed by atoms with van der Waals surface area (Å²) >= 11 is 0. The van der Waals surface area contributed by atoms with Crippen molar-refractivity contribution < 1.29 is 0 Å². The highest BCUT2D eigenvalue weighted by Gasteiger charge is 2.11. The van der Waals surface area contributed by atoms with Gasteiger partial charge < -0.3 is 10.6 Å². The molecule has 0 amide bonds. The quantitative estimate of drug-likeness (QED) is 0.748. The summed E-state index contributed by atoms with van der Waals surface area (Å²) in [4.78, 5) is 4.37. The molecule has 3 heterocycles. The summed E-state index contributed by atoms with van der Waals surface area (Å²) in [6.45, 7) is 3.09. The number of aromatic nitrogens is 3. The Morgan fingerprint density at radius 1 is 1.30 bits per heavy atom. The third-order valence-corrected chi connectivity index (χ3v) is 3.74. The zero-order chi connectivity index (χ0) is 13.5. The maximum atomic E-state index is 4.37. The van der Waals surface area contributed by atoms with Crippen molar-refractivity contribution in [1.82, 2.24) is 14.6 Å². The molecule has 2 N–H and O–H groups in total. The molecule has 0 unspecified atom stereocenters. The Bertz CT molecular complexity index is 790. The molecule has 1 aliphatic rings. The first-order valence-electron chi connectivity index (χ1n) is 6.74. The maximum Gasteiger partial charge on any atom is 0.158 e. The Balaban J connectivity index is 1.76. The van der Waals surface area contributed by atoms with Gasteiger partial charge in [0, 0.05) is 24.1 Å². The summed E-state index contributed by atoms with van der Waals surface area (Å²) in [7, 11) is 0. The van der Waals surface area contributed by atoms with E-state index in [0.29, 0.717) is 0 Å². The zero-order valence-corrected chi connectivity index (χ0v) is 11.2. The van der Waals surface area contributed by atoms with E-state index in [1.165, 1.54) is 11.3 Å². The van der Waals surface area contributed by atoms with Crippen LogP contribution in [0.2, 0.25) is 0 Å². The number of nitrogens with one attached hydrogen (secondary N) is 2. The lowest BCUT2D eigenvalue weighted by Gasteiger charge is -2.09. The van der Waals surface area contributed by atoms with Gasteiger partial charge in [0.1, 0.15) is 11.8 Å². The van der Waals surface area contributed by atoms with Crippen molar-refractivity contribution in [3.63, 3.8) is 0 Å². The minimum Gasteiger partial charge on any atom is -0.384 e. The number of hydrogen-bond acceptors (Lipinski definition) is 4. The third kappa shape index (κ3) is 1.71. The van der Waals surface area contributed by atoms with Crippen LogP contribution < -0.4 is 10.6 Å². The Hall–Kier alpha value is -2.56. The predicted octanol–water partition coefficient (Wildman–Crippen LogP) is 2.75. The van der Waals surface area contributed by atoms with Gasteiger partial charge in [-0.1, -0.05) is 6.07 Å². The van der Waals surface area contributed by atoms with Crippen LogP contribution in [0.15, 0.2) is 36.8 Å². The van der Waals surface area contributed by atoms with E-state index in [2.05, 4.69) is 45.8 Å². The first kappa shape index (κ1) is 11.3. The number of anilines is 3. The smallest absolute Gasteiger partial charge is 0.158 e. The molecule has 0 spiro atoms. The molecule has 0 bridgehead atoms. The van der Waals surface area contributed by atoms with E-state index < -0.39 is 0 Å². The van der Waals surface area contributed by atoms with Crippen molar-refractivity contribution in [3.05, 3.63) is 47.9 Å². The Morgan fingerprint density at radius 3 is 3.20 bits per heavy atom. The van der Waals surface area contributed by atoms with Crippen molar-refractivity contribution in [2.45, 2.75) is 13.3 Å². The lowest BCUT2D eigenvalue weighted by Crippen LogP contribution is -2.00. The lowest BCUT2D eigenvalue weighted by molar-refractivity contribution is 0.905. The summed E-state index contributed by atoms with van der Waals surface area (Å²) in [6.07, 6.45) is 4.62. The Morgan fingerprint density at radius 2 is 2.25 bits per heavy atom. The van der Waals surface area contributed by atoms with Gasteiger partial charge >= 0.3 is 0 Å². The molecule has 0 fully saturated rings. The first-order valence-corrected chi connectivity index (χ1v) is 6.74. The lowest BCUT2D eigenvalue weighted by atomic mass is 10.1. The van der Waals surface area contributed by atoms with Crippen LogP contribution in [0.5, 0.6) is 0 Å². The molecule has 0 radical (unpaired) electrons. The van der Waals surface area contributed by atoms with Crippen LogP contribution in [0.25, 0.3) is 5.52 Å². The largest absolute Gasteiger partial charge is 0.384 e. The monoisotopic (exact) mass is 265 g/mol. The molecule has 1 aliphatic heterocycles. The van der Waals surface area contributed by atoms with Gasteiger partial charge in [-0.25, -0.2) is 9.50 Å². The summed E-state index contributed by atoms with van der Waals surface area (Å²) < 4.78 is 1.84. The zero-order valence-electron chi connectivity index (χ0n) is 11.2. The molecule has 100 valence electrons. The van der Waals surface area contributed by atoms with Crippen LogP contribution in [0.3, 0.4) is 0 Å². The average molecular weight is 265 g/mol.